The van der Waals surface area contributed by atoms with Gasteiger partial charge in [-0.1, -0.05) is 6.07 Å². The van der Waals surface area contributed by atoms with Gasteiger partial charge in [0.1, 0.15) is 19.3 Å². The van der Waals surface area contributed by atoms with Crippen molar-refractivity contribution in [1.29, 1.82) is 0 Å². The lowest BCUT2D eigenvalue weighted by Crippen LogP contribution is -2.63. The Hall–Kier alpha value is -3.48. The molecule has 2 aliphatic heterocycles. The summed E-state index contributed by atoms with van der Waals surface area (Å²) in [6.07, 6.45) is 6.75. The van der Waals surface area contributed by atoms with E-state index in [0.29, 0.717) is 16.8 Å². The van der Waals surface area contributed by atoms with Gasteiger partial charge >= 0.3 is 6.99 Å². The Labute approximate surface area is 171 Å². The van der Waals surface area contributed by atoms with E-state index >= 15 is 8.71 Å². The van der Waals surface area contributed by atoms with Crippen molar-refractivity contribution in [3.8, 4) is 11.1 Å². The molecule has 6 rings (SSSR count). The zero-order valence-electron chi connectivity index (χ0n) is 15.6. The normalized spacial score (nSPS) is 19.7. The topological polar surface area (TPSA) is 50.5 Å². The molecule has 142 valence electrons. The van der Waals surface area contributed by atoms with E-state index in [2.05, 4.69) is 9.97 Å². The van der Waals surface area contributed by atoms with Crippen molar-refractivity contribution in [3.63, 3.8) is 0 Å². The van der Waals surface area contributed by atoms with Crippen LogP contribution in [0, 0.1) is 5.82 Å². The van der Waals surface area contributed by atoms with E-state index < -0.39 is 24.1 Å². The number of hydrogen-bond donors (Lipinski definition) is 0. The molecule has 30 heavy (non-hydrogen) atoms. The minimum absolute atomic E-state index is 0.118. The third-order valence-corrected chi connectivity index (χ3v) is 6.05. The molecule has 5 nitrogen and oxygen atoms in total. The van der Waals surface area contributed by atoms with Crippen LogP contribution >= 0.6 is 0 Å². The molecule has 5 heterocycles. The number of imidazole rings is 1. The van der Waals surface area contributed by atoms with Crippen LogP contribution in [0.25, 0.3) is 16.8 Å². The van der Waals surface area contributed by atoms with E-state index in [1.807, 2.05) is 16.7 Å². The van der Waals surface area contributed by atoms with Gasteiger partial charge in [0.05, 0.1) is 16.6 Å². The summed E-state index contributed by atoms with van der Waals surface area (Å²) in [7, 11) is 6.46. The van der Waals surface area contributed by atoms with E-state index in [1.54, 1.807) is 36.7 Å². The van der Waals surface area contributed by atoms with Crippen molar-refractivity contribution in [1.82, 2.24) is 19.3 Å². The van der Waals surface area contributed by atoms with Crippen molar-refractivity contribution >= 4 is 31.9 Å². The minimum Gasteiger partial charge on any atom is -0.335 e. The third-order valence-electron chi connectivity index (χ3n) is 6.05. The smallest absolute Gasteiger partial charge is 0.335 e. The molecule has 1 aromatic carbocycles. The van der Waals surface area contributed by atoms with Crippen molar-refractivity contribution in [2.45, 2.75) is 11.9 Å². The predicted octanol–water partition coefficient (Wildman–Crippen LogP) is 2.23. The second kappa shape index (κ2) is 5.78. The van der Waals surface area contributed by atoms with Crippen molar-refractivity contribution < 1.29 is 13.5 Å². The summed E-state index contributed by atoms with van der Waals surface area (Å²) >= 11 is 0. The quantitative estimate of drug-likeness (QED) is 0.464. The summed E-state index contributed by atoms with van der Waals surface area (Å²) in [5.41, 5.74) is 2.62. The number of carbonyl (C=O) groups is 1. The monoisotopic (exact) mass is 396 g/mol. The summed E-state index contributed by atoms with van der Waals surface area (Å²) in [5, 5.41) is -1.77. The van der Waals surface area contributed by atoms with E-state index in [-0.39, 0.29) is 28.8 Å². The molecule has 0 N–H and O–H groups in total. The summed E-state index contributed by atoms with van der Waals surface area (Å²) in [6, 6.07) is 9.75. The molecule has 4 aromatic rings. The van der Waals surface area contributed by atoms with Gasteiger partial charge in [0.2, 0.25) is 0 Å². The van der Waals surface area contributed by atoms with Crippen LogP contribution in [-0.4, -0.2) is 40.0 Å². The van der Waals surface area contributed by atoms with Crippen LogP contribution in [0.1, 0.15) is 21.6 Å². The number of aromatic nitrogens is 3. The second-order valence-corrected chi connectivity index (χ2v) is 7.61. The molecular formula is C21H12B2F2N4O. The SMILES string of the molecule is [B]C12B(F)c3cc(-c4ccn5ccnc5c4)cc(F)c3CN1C(=O)c1cccnc12. The first-order chi connectivity index (χ1) is 14.5. The minimum atomic E-state index is -1.83. The molecule has 3 aromatic heterocycles. The molecule has 2 radical (unpaired) electrons. The molecule has 0 spiro atoms. The van der Waals surface area contributed by atoms with Crippen molar-refractivity contribution in [3.05, 3.63) is 83.8 Å². The summed E-state index contributed by atoms with van der Waals surface area (Å²) in [4.78, 5) is 22.4. The zero-order valence-corrected chi connectivity index (χ0v) is 15.6. The molecule has 2 aliphatic rings. The third kappa shape index (κ3) is 2.09. The largest absolute Gasteiger partial charge is 0.404 e. The van der Waals surface area contributed by atoms with Gasteiger partial charge in [0.15, 0.2) is 0 Å². The van der Waals surface area contributed by atoms with E-state index in [4.69, 9.17) is 7.85 Å². The van der Waals surface area contributed by atoms with Crippen molar-refractivity contribution in [2.24, 2.45) is 0 Å². The maximum Gasteiger partial charge on any atom is 0.404 e. The van der Waals surface area contributed by atoms with E-state index in [1.165, 1.54) is 17.2 Å². The Morgan fingerprint density at radius 2 is 1.97 bits per heavy atom. The zero-order chi connectivity index (χ0) is 20.6. The number of pyridine rings is 2. The lowest BCUT2D eigenvalue weighted by Gasteiger charge is -2.42. The van der Waals surface area contributed by atoms with Crippen LogP contribution in [0.5, 0.6) is 0 Å². The van der Waals surface area contributed by atoms with E-state index in [9.17, 15) is 4.79 Å². The molecular weight excluding hydrogens is 384 g/mol. The number of hydrogen-bond acceptors (Lipinski definition) is 3. The van der Waals surface area contributed by atoms with Gasteiger partial charge < -0.3 is 13.6 Å². The first-order valence-electron chi connectivity index (χ1n) is 9.44. The van der Waals surface area contributed by atoms with Crippen LogP contribution in [0.3, 0.4) is 0 Å². The first kappa shape index (κ1) is 17.4. The summed E-state index contributed by atoms with van der Waals surface area (Å²) < 4.78 is 32.8. The highest BCUT2D eigenvalue weighted by Gasteiger charge is 2.58. The fraction of sp³-hybridized carbons (Fsp3) is 0.0952. The average molecular weight is 396 g/mol. The first-order valence-corrected chi connectivity index (χ1v) is 9.44. The molecule has 0 saturated carbocycles. The molecule has 1 atom stereocenters. The number of carbonyl (C=O) groups excluding carboxylic acids is 1. The molecule has 0 bridgehead atoms. The number of benzene rings is 1. The highest BCUT2D eigenvalue weighted by atomic mass is 19.1. The lowest BCUT2D eigenvalue weighted by molar-refractivity contribution is 0.0715. The average Bonchev–Trinajstić information content (AvgIpc) is 3.31. The summed E-state index contributed by atoms with van der Waals surface area (Å²) in [5.74, 6) is -1.02. The Morgan fingerprint density at radius 1 is 1.10 bits per heavy atom. The molecule has 0 saturated heterocycles. The maximum absolute atomic E-state index is 15.9. The number of rotatable bonds is 1. The number of nitrogens with zero attached hydrogens (tertiary/aromatic N) is 4. The number of fused-ring (bicyclic) bond motifs is 5. The Bertz CT molecular complexity index is 1370. The van der Waals surface area contributed by atoms with Gasteiger partial charge in [-0.15, -0.1) is 0 Å². The van der Waals surface area contributed by atoms with Crippen LogP contribution in [0.2, 0.25) is 0 Å². The Balaban J connectivity index is 1.53. The standard InChI is InChI=1S/C21H12B2F2N4O/c22-21-19-14(2-1-4-27-19)20(30)29(21)11-15-16(23(21)25)8-13(9-17(15)24)12-3-6-28-7-5-26-18(28)10-12/h1-10H,11H2. The number of amides is 1. The maximum atomic E-state index is 15.9. The van der Waals surface area contributed by atoms with Gasteiger partial charge in [0.25, 0.3) is 5.91 Å². The molecule has 1 amide bonds. The van der Waals surface area contributed by atoms with Crippen LogP contribution in [0.4, 0.5) is 8.71 Å². The fourth-order valence-electron chi connectivity index (χ4n) is 4.50. The highest BCUT2D eigenvalue weighted by molar-refractivity contribution is 6.77. The second-order valence-electron chi connectivity index (χ2n) is 7.61. The summed E-state index contributed by atoms with van der Waals surface area (Å²) in [6.45, 7) is -1.95. The van der Waals surface area contributed by atoms with Crippen molar-refractivity contribution in [2.75, 3.05) is 0 Å². The molecule has 9 heteroatoms. The Kier molecular flexibility index (Phi) is 3.35. The van der Waals surface area contributed by atoms with Gasteiger partial charge in [0, 0.05) is 36.9 Å². The highest BCUT2D eigenvalue weighted by Crippen LogP contribution is 2.42. The fourth-order valence-corrected chi connectivity index (χ4v) is 4.50. The lowest BCUT2D eigenvalue weighted by atomic mass is 9.37. The number of halogens is 2. The van der Waals surface area contributed by atoms with Crippen LogP contribution in [-0.2, 0) is 11.9 Å². The van der Waals surface area contributed by atoms with Gasteiger partial charge in [-0.05, 0) is 46.9 Å². The van der Waals surface area contributed by atoms with Gasteiger partial charge in [-0.3, -0.25) is 9.78 Å². The van der Waals surface area contributed by atoms with Gasteiger partial charge in [-0.25, -0.2) is 9.37 Å². The molecule has 1 unspecified atom stereocenters. The molecule has 0 aliphatic carbocycles. The van der Waals surface area contributed by atoms with Crippen LogP contribution in [0.15, 0.2) is 61.2 Å². The van der Waals surface area contributed by atoms with E-state index in [0.717, 1.165) is 0 Å². The Morgan fingerprint density at radius 3 is 2.83 bits per heavy atom. The predicted molar refractivity (Wildman–Crippen MR) is 109 cm³/mol. The van der Waals surface area contributed by atoms with Crippen LogP contribution < -0.4 is 5.46 Å². The van der Waals surface area contributed by atoms with Gasteiger partial charge in [-0.2, -0.15) is 0 Å². The molecule has 0 fully saturated rings.